The first kappa shape index (κ1) is 25.7. The highest BCUT2D eigenvalue weighted by Crippen LogP contribution is 1.82. The van der Waals surface area contributed by atoms with Crippen LogP contribution in [0.3, 0.4) is 0 Å². The highest BCUT2D eigenvalue weighted by Gasteiger charge is 2.12. The van der Waals surface area contributed by atoms with Crippen molar-refractivity contribution in [2.24, 2.45) is 11.5 Å². The summed E-state index contributed by atoms with van der Waals surface area (Å²) in [6.07, 6.45) is 0. The molecule has 0 spiro atoms. The third kappa shape index (κ3) is 16.8. The fraction of sp³-hybridized carbons (Fsp3) is 0.500. The number of nitrogens with two attached hydrogens (primary N) is 2. The van der Waals surface area contributed by atoms with Crippen LogP contribution in [0, 0.1) is 22.7 Å². The molecular formula is C12H18N4O8. The molecule has 6 N–H and O–H groups in total. The van der Waals surface area contributed by atoms with Crippen LogP contribution in [0.4, 0.5) is 0 Å². The van der Waals surface area contributed by atoms with E-state index in [0.29, 0.717) is 0 Å². The molecule has 0 saturated carbocycles. The summed E-state index contributed by atoms with van der Waals surface area (Å²) in [6.45, 7) is 3.83. The fourth-order valence-electron chi connectivity index (χ4n) is 0.569. The molecule has 0 radical (unpaired) electrons. The number of carbonyl (C=O) groups is 4. The van der Waals surface area contributed by atoms with Crippen LogP contribution >= 0.6 is 0 Å². The molecule has 0 aliphatic carbocycles. The van der Waals surface area contributed by atoms with Gasteiger partial charge in [-0.3, -0.25) is 0 Å². The second-order valence-electron chi connectivity index (χ2n) is 3.33. The molecule has 0 aromatic carbocycles. The number of carboxylic acid groups (broad SMARTS) is 2. The summed E-state index contributed by atoms with van der Waals surface area (Å²) in [5.74, 6) is -4.98. The summed E-state index contributed by atoms with van der Waals surface area (Å²) in [6, 6.07) is 0.837. The Kier molecular flexibility index (Phi) is 17.3. The minimum absolute atomic E-state index is 0.258. The lowest BCUT2D eigenvalue weighted by molar-refractivity contribution is -0.159. The number of carboxylic acids is 2. The first-order valence-corrected chi connectivity index (χ1v) is 6.18. The van der Waals surface area contributed by atoms with E-state index in [4.69, 9.17) is 41.8 Å². The van der Waals surface area contributed by atoms with E-state index >= 15 is 0 Å². The van der Waals surface area contributed by atoms with Gasteiger partial charge in [-0.05, 0) is 13.8 Å². The molecule has 0 aromatic rings. The molecule has 0 rings (SSSR count). The van der Waals surface area contributed by atoms with Crippen LogP contribution in [-0.2, 0) is 28.7 Å². The number of carbonyl (C=O) groups excluding carboxylic acids is 2. The van der Waals surface area contributed by atoms with E-state index in [1.54, 1.807) is 26.0 Å². The predicted octanol–water partition coefficient (Wildman–Crippen LogP) is -2.04. The Bertz CT molecular complexity index is 462. The van der Waals surface area contributed by atoms with Gasteiger partial charge >= 0.3 is 23.9 Å². The number of esters is 2. The molecule has 0 aromatic heterocycles. The topological polar surface area (TPSA) is 227 Å². The zero-order valence-corrected chi connectivity index (χ0v) is 13.0. The number of hydrogen-bond donors (Lipinski definition) is 4. The van der Waals surface area contributed by atoms with Crippen molar-refractivity contribution < 1.29 is 38.9 Å². The second-order valence-corrected chi connectivity index (χ2v) is 3.33. The maximum absolute atomic E-state index is 10.4. The maximum Gasteiger partial charge on any atom is 0.414 e. The number of hydrogen-bond acceptors (Lipinski definition) is 10. The van der Waals surface area contributed by atoms with Crippen molar-refractivity contribution in [3.63, 3.8) is 0 Å². The van der Waals surface area contributed by atoms with E-state index in [1.165, 1.54) is 0 Å². The van der Waals surface area contributed by atoms with Crippen LogP contribution in [0.5, 0.6) is 0 Å². The SMILES string of the molecule is CCOC(=O)C(N)C#N.CCOC(=O)C(N)C#N.O=C(O)C(=O)O. The predicted molar refractivity (Wildman–Crippen MR) is 75.7 cm³/mol. The molecule has 24 heavy (non-hydrogen) atoms. The minimum atomic E-state index is -1.82. The van der Waals surface area contributed by atoms with Crippen molar-refractivity contribution in [3.8, 4) is 12.1 Å². The molecule has 0 bridgehead atoms. The zero-order valence-electron chi connectivity index (χ0n) is 13.0. The Labute approximate surface area is 137 Å². The van der Waals surface area contributed by atoms with Gasteiger partial charge in [-0.25, -0.2) is 19.2 Å². The van der Waals surface area contributed by atoms with Gasteiger partial charge in [0, 0.05) is 0 Å². The van der Waals surface area contributed by atoms with Gasteiger partial charge in [-0.15, -0.1) is 0 Å². The lowest BCUT2D eigenvalue weighted by Crippen LogP contribution is -2.30. The first-order valence-electron chi connectivity index (χ1n) is 6.18. The van der Waals surface area contributed by atoms with E-state index in [-0.39, 0.29) is 13.2 Å². The monoisotopic (exact) mass is 346 g/mol. The average molecular weight is 346 g/mol. The van der Waals surface area contributed by atoms with Gasteiger partial charge in [-0.2, -0.15) is 10.5 Å². The summed E-state index contributed by atoms with van der Waals surface area (Å²) in [5, 5.41) is 30.9. The Morgan fingerprint density at radius 3 is 1.25 bits per heavy atom. The van der Waals surface area contributed by atoms with Crippen molar-refractivity contribution in [1.82, 2.24) is 0 Å². The molecule has 0 fully saturated rings. The number of nitrogens with zero attached hydrogens (tertiary/aromatic N) is 2. The van der Waals surface area contributed by atoms with Gasteiger partial charge in [0.25, 0.3) is 0 Å². The van der Waals surface area contributed by atoms with E-state index in [2.05, 4.69) is 9.47 Å². The van der Waals surface area contributed by atoms with E-state index in [0.717, 1.165) is 0 Å². The van der Waals surface area contributed by atoms with Crippen LogP contribution < -0.4 is 11.5 Å². The first-order chi connectivity index (χ1) is 11.1. The zero-order chi connectivity index (χ0) is 19.7. The minimum Gasteiger partial charge on any atom is -0.473 e. The molecule has 12 heteroatoms. The van der Waals surface area contributed by atoms with Crippen molar-refractivity contribution in [2.45, 2.75) is 25.9 Å². The van der Waals surface area contributed by atoms with Crippen LogP contribution in [0.1, 0.15) is 13.8 Å². The third-order valence-electron chi connectivity index (χ3n) is 1.54. The van der Waals surface area contributed by atoms with Gasteiger partial charge in [0.15, 0.2) is 12.1 Å². The standard InChI is InChI=1S/2C5H8N2O2.C2H2O4/c2*1-2-9-5(8)4(7)3-6;3-1(4)2(5)6/h2*4H,2,7H2,1H3;(H,3,4)(H,5,6). The van der Waals surface area contributed by atoms with E-state index in [9.17, 15) is 9.59 Å². The van der Waals surface area contributed by atoms with E-state index in [1.807, 2.05) is 0 Å². The van der Waals surface area contributed by atoms with Gasteiger partial charge in [0.2, 0.25) is 0 Å². The summed E-state index contributed by atoms with van der Waals surface area (Å²) < 4.78 is 8.82. The van der Waals surface area contributed by atoms with Crippen molar-refractivity contribution in [2.75, 3.05) is 13.2 Å². The molecule has 0 aliphatic rings. The maximum atomic E-state index is 10.4. The van der Waals surface area contributed by atoms with Gasteiger partial charge < -0.3 is 31.2 Å². The Balaban J connectivity index is -0.000000282. The molecular weight excluding hydrogens is 328 g/mol. The summed E-state index contributed by atoms with van der Waals surface area (Å²) in [5.41, 5.74) is 9.93. The largest absolute Gasteiger partial charge is 0.473 e. The highest BCUT2D eigenvalue weighted by atomic mass is 16.5. The van der Waals surface area contributed by atoms with Gasteiger partial charge in [0.05, 0.1) is 25.4 Å². The highest BCUT2D eigenvalue weighted by molar-refractivity contribution is 6.27. The fourth-order valence-corrected chi connectivity index (χ4v) is 0.569. The smallest absolute Gasteiger partial charge is 0.414 e. The molecule has 12 nitrogen and oxygen atoms in total. The molecule has 0 amide bonds. The molecule has 2 atom stereocenters. The lowest BCUT2D eigenvalue weighted by Gasteiger charge is -2.00. The van der Waals surface area contributed by atoms with Crippen molar-refractivity contribution in [1.29, 1.82) is 10.5 Å². The van der Waals surface area contributed by atoms with Crippen molar-refractivity contribution >= 4 is 23.9 Å². The normalized spacial score (nSPS) is 10.6. The molecule has 2 unspecified atom stereocenters. The molecule has 0 saturated heterocycles. The summed E-state index contributed by atoms with van der Waals surface area (Å²) in [4.78, 5) is 39.0. The lowest BCUT2D eigenvalue weighted by atomic mass is 10.4. The molecule has 134 valence electrons. The van der Waals surface area contributed by atoms with Crippen molar-refractivity contribution in [3.05, 3.63) is 0 Å². The number of rotatable bonds is 4. The second kappa shape index (κ2) is 16.2. The van der Waals surface area contributed by atoms with Crippen LogP contribution in [0.2, 0.25) is 0 Å². The average Bonchev–Trinajstić information content (AvgIpc) is 2.54. The molecule has 0 aliphatic heterocycles. The third-order valence-corrected chi connectivity index (χ3v) is 1.54. The summed E-state index contributed by atoms with van der Waals surface area (Å²) >= 11 is 0. The Morgan fingerprint density at radius 1 is 0.875 bits per heavy atom. The van der Waals surface area contributed by atoms with Crippen LogP contribution in [0.25, 0.3) is 0 Å². The molecule has 0 heterocycles. The number of aliphatic carboxylic acids is 2. The number of nitriles is 2. The Hall–Kier alpha value is -3.22. The van der Waals surface area contributed by atoms with Crippen LogP contribution in [-0.4, -0.2) is 59.4 Å². The summed E-state index contributed by atoms with van der Waals surface area (Å²) in [7, 11) is 0. The Morgan fingerprint density at radius 2 is 1.12 bits per heavy atom. The van der Waals surface area contributed by atoms with Gasteiger partial charge in [0.1, 0.15) is 0 Å². The van der Waals surface area contributed by atoms with Gasteiger partial charge in [-0.1, -0.05) is 0 Å². The van der Waals surface area contributed by atoms with E-state index < -0.39 is 36.0 Å². The quantitative estimate of drug-likeness (QED) is 0.318. The number of ether oxygens (including phenoxy) is 2. The van der Waals surface area contributed by atoms with Crippen LogP contribution in [0.15, 0.2) is 0 Å².